The van der Waals surface area contributed by atoms with Crippen LogP contribution in [0.25, 0.3) is 22.2 Å². The number of carbonyl (C=O) groups excluding carboxylic acids is 1. The van der Waals surface area contributed by atoms with Crippen LogP contribution in [0.3, 0.4) is 0 Å². The van der Waals surface area contributed by atoms with Crippen LogP contribution in [0.5, 0.6) is 5.75 Å². The van der Waals surface area contributed by atoms with Crippen LogP contribution in [-0.2, 0) is 12.1 Å². The first-order chi connectivity index (χ1) is 14.3. The maximum absolute atomic E-state index is 12.5. The molecule has 0 radical (unpaired) electrons. The Balaban J connectivity index is 1.48. The minimum atomic E-state index is -0.115. The second kappa shape index (κ2) is 7.71. The van der Waals surface area contributed by atoms with Gasteiger partial charge in [0.2, 0.25) is 0 Å². The number of H-pyrrole nitrogens is 1. The quantitative estimate of drug-likeness (QED) is 0.507. The van der Waals surface area contributed by atoms with Gasteiger partial charge in [0.15, 0.2) is 0 Å². The molecule has 0 unspecified atom stereocenters. The molecule has 2 heterocycles. The summed E-state index contributed by atoms with van der Waals surface area (Å²) in [5.41, 5.74) is 4.52. The number of methoxy groups -OCH3 is 1. The molecular formula is C24H26N4O2. The minimum absolute atomic E-state index is 0.0578. The van der Waals surface area contributed by atoms with Crippen molar-refractivity contribution in [3.8, 4) is 16.9 Å². The lowest BCUT2D eigenvalue weighted by Crippen LogP contribution is -2.24. The summed E-state index contributed by atoms with van der Waals surface area (Å²) in [6, 6.07) is 15.9. The molecule has 30 heavy (non-hydrogen) atoms. The van der Waals surface area contributed by atoms with Gasteiger partial charge in [-0.15, -0.1) is 0 Å². The maximum Gasteiger partial charge on any atom is 0.253 e. The Labute approximate surface area is 175 Å². The van der Waals surface area contributed by atoms with Crippen molar-refractivity contribution in [2.75, 3.05) is 7.11 Å². The molecular weight excluding hydrogens is 376 g/mol. The highest BCUT2D eigenvalue weighted by molar-refractivity contribution is 5.94. The van der Waals surface area contributed by atoms with Gasteiger partial charge in [-0.2, -0.15) is 0 Å². The predicted octanol–water partition coefficient (Wildman–Crippen LogP) is 4.73. The van der Waals surface area contributed by atoms with E-state index in [4.69, 9.17) is 4.74 Å². The summed E-state index contributed by atoms with van der Waals surface area (Å²) in [4.78, 5) is 20.4. The molecule has 6 heteroatoms. The third-order valence-corrected chi connectivity index (χ3v) is 5.08. The Morgan fingerprint density at radius 2 is 1.93 bits per heavy atom. The topological polar surface area (TPSA) is 71.9 Å². The van der Waals surface area contributed by atoms with Crippen LogP contribution in [0, 0.1) is 0 Å². The Bertz CT molecular complexity index is 1200. The Morgan fingerprint density at radius 1 is 1.13 bits per heavy atom. The van der Waals surface area contributed by atoms with E-state index in [0.29, 0.717) is 12.1 Å². The molecule has 2 N–H and O–H groups in total. The van der Waals surface area contributed by atoms with Crippen molar-refractivity contribution in [3.63, 3.8) is 0 Å². The number of fused-ring (bicyclic) bond motifs is 1. The molecule has 0 fully saturated rings. The third kappa shape index (κ3) is 4.08. The van der Waals surface area contributed by atoms with Gasteiger partial charge in [-0.05, 0) is 62.2 Å². The van der Waals surface area contributed by atoms with Gasteiger partial charge in [-0.25, -0.2) is 4.98 Å². The second-order valence-corrected chi connectivity index (χ2v) is 8.31. The number of hydrogen-bond donors (Lipinski definition) is 2. The van der Waals surface area contributed by atoms with Crippen molar-refractivity contribution in [2.45, 2.75) is 32.9 Å². The van der Waals surface area contributed by atoms with E-state index in [9.17, 15) is 4.79 Å². The van der Waals surface area contributed by atoms with Crippen LogP contribution in [0.1, 0.15) is 37.0 Å². The molecule has 1 amide bonds. The zero-order chi connectivity index (χ0) is 21.3. The highest BCUT2D eigenvalue weighted by Gasteiger charge is 2.15. The summed E-state index contributed by atoms with van der Waals surface area (Å²) < 4.78 is 7.35. The molecule has 0 spiro atoms. The minimum Gasteiger partial charge on any atom is -0.497 e. The zero-order valence-electron chi connectivity index (χ0n) is 17.7. The average molecular weight is 402 g/mol. The first-order valence-corrected chi connectivity index (χ1v) is 9.93. The molecule has 0 aliphatic heterocycles. The SMILES string of the molecule is COc1cccc(-c2ccc3nc(CNC(=O)c4ccn(C(C)(C)C)c4)[nH]c3c2)c1. The number of benzene rings is 2. The fourth-order valence-corrected chi connectivity index (χ4v) is 3.34. The van der Waals surface area contributed by atoms with E-state index >= 15 is 0 Å². The molecule has 0 aliphatic rings. The van der Waals surface area contributed by atoms with E-state index in [1.165, 1.54) is 0 Å². The number of aromatic amines is 1. The Kier molecular flexibility index (Phi) is 5.08. The lowest BCUT2D eigenvalue weighted by Gasteiger charge is -2.20. The van der Waals surface area contributed by atoms with Gasteiger partial charge in [0.05, 0.1) is 30.3 Å². The van der Waals surface area contributed by atoms with Crippen molar-refractivity contribution < 1.29 is 9.53 Å². The first kappa shape index (κ1) is 19.8. The number of rotatable bonds is 5. The number of aromatic nitrogens is 3. The van der Waals surface area contributed by atoms with Crippen LogP contribution < -0.4 is 10.1 Å². The van der Waals surface area contributed by atoms with E-state index < -0.39 is 0 Å². The highest BCUT2D eigenvalue weighted by Crippen LogP contribution is 2.26. The van der Waals surface area contributed by atoms with Crippen molar-refractivity contribution >= 4 is 16.9 Å². The van der Waals surface area contributed by atoms with Gasteiger partial charge in [0, 0.05) is 17.9 Å². The largest absolute Gasteiger partial charge is 0.497 e. The second-order valence-electron chi connectivity index (χ2n) is 8.31. The lowest BCUT2D eigenvalue weighted by molar-refractivity contribution is 0.0950. The molecule has 0 atom stereocenters. The summed E-state index contributed by atoms with van der Waals surface area (Å²) in [6.45, 7) is 6.64. The van der Waals surface area contributed by atoms with Crippen molar-refractivity contribution in [2.24, 2.45) is 0 Å². The standard InChI is InChI=1S/C24H26N4O2/c1-24(2,3)28-11-10-18(15-28)23(29)25-14-22-26-20-9-8-17(13-21(20)27-22)16-6-5-7-19(12-16)30-4/h5-13,15H,14H2,1-4H3,(H,25,29)(H,26,27). The monoisotopic (exact) mass is 402 g/mol. The number of nitrogens with zero attached hydrogens (tertiary/aromatic N) is 2. The van der Waals surface area contributed by atoms with Gasteiger partial charge >= 0.3 is 0 Å². The number of amides is 1. The molecule has 4 aromatic rings. The molecule has 0 saturated heterocycles. The van der Waals surface area contributed by atoms with Gasteiger partial charge < -0.3 is 19.6 Å². The molecule has 4 rings (SSSR count). The number of nitrogens with one attached hydrogen (secondary N) is 2. The van der Waals surface area contributed by atoms with Crippen LogP contribution >= 0.6 is 0 Å². The van der Waals surface area contributed by atoms with E-state index in [2.05, 4.69) is 42.1 Å². The molecule has 154 valence electrons. The Morgan fingerprint density at radius 3 is 2.67 bits per heavy atom. The molecule has 0 bridgehead atoms. The van der Waals surface area contributed by atoms with E-state index in [1.54, 1.807) is 7.11 Å². The number of hydrogen-bond acceptors (Lipinski definition) is 3. The first-order valence-electron chi connectivity index (χ1n) is 9.93. The van der Waals surface area contributed by atoms with E-state index in [-0.39, 0.29) is 11.4 Å². The van der Waals surface area contributed by atoms with Gasteiger partial charge in [0.25, 0.3) is 5.91 Å². The smallest absolute Gasteiger partial charge is 0.253 e. The number of imidazole rings is 1. The molecule has 2 aromatic carbocycles. The average Bonchev–Trinajstić information content (AvgIpc) is 3.38. The highest BCUT2D eigenvalue weighted by atomic mass is 16.5. The normalized spacial score (nSPS) is 11.6. The van der Waals surface area contributed by atoms with Crippen LogP contribution in [0.2, 0.25) is 0 Å². The van der Waals surface area contributed by atoms with Crippen molar-refractivity contribution in [1.29, 1.82) is 0 Å². The summed E-state index contributed by atoms with van der Waals surface area (Å²) in [6.07, 6.45) is 3.80. The van der Waals surface area contributed by atoms with Crippen LogP contribution in [0.4, 0.5) is 0 Å². The van der Waals surface area contributed by atoms with Gasteiger partial charge in [-0.1, -0.05) is 18.2 Å². The lowest BCUT2D eigenvalue weighted by atomic mass is 10.1. The van der Waals surface area contributed by atoms with E-state index in [1.807, 2.05) is 59.4 Å². The molecule has 2 aromatic heterocycles. The molecule has 0 aliphatic carbocycles. The summed E-state index contributed by atoms with van der Waals surface area (Å²) in [7, 11) is 1.66. The fraction of sp³-hybridized carbons (Fsp3) is 0.250. The fourth-order valence-electron chi connectivity index (χ4n) is 3.34. The summed E-state index contributed by atoms with van der Waals surface area (Å²) in [5.74, 6) is 1.42. The molecule has 6 nitrogen and oxygen atoms in total. The predicted molar refractivity (Wildman–Crippen MR) is 119 cm³/mol. The summed E-state index contributed by atoms with van der Waals surface area (Å²) >= 11 is 0. The van der Waals surface area contributed by atoms with Crippen molar-refractivity contribution in [1.82, 2.24) is 19.9 Å². The van der Waals surface area contributed by atoms with Crippen molar-refractivity contribution in [3.05, 3.63) is 72.3 Å². The number of carbonyl (C=O) groups is 1. The zero-order valence-corrected chi connectivity index (χ0v) is 17.7. The number of ether oxygens (including phenoxy) is 1. The van der Waals surface area contributed by atoms with Gasteiger partial charge in [-0.3, -0.25) is 4.79 Å². The van der Waals surface area contributed by atoms with Crippen LogP contribution in [-0.4, -0.2) is 27.6 Å². The summed E-state index contributed by atoms with van der Waals surface area (Å²) in [5, 5.41) is 2.94. The third-order valence-electron chi connectivity index (χ3n) is 5.08. The molecule has 0 saturated carbocycles. The van der Waals surface area contributed by atoms with Gasteiger partial charge in [0.1, 0.15) is 11.6 Å². The maximum atomic E-state index is 12.5. The van der Waals surface area contributed by atoms with Crippen LogP contribution in [0.15, 0.2) is 60.9 Å². The van der Waals surface area contributed by atoms with E-state index in [0.717, 1.165) is 33.7 Å². The Hall–Kier alpha value is -3.54.